The van der Waals surface area contributed by atoms with E-state index in [4.69, 9.17) is 28.3 Å². The third-order valence-corrected chi connectivity index (χ3v) is 4.02. The highest BCUT2D eigenvalue weighted by Gasteiger charge is 2.25. The molecule has 1 aliphatic rings. The number of piperidine rings is 1. The van der Waals surface area contributed by atoms with Gasteiger partial charge in [0.05, 0.1) is 11.4 Å². The SMILES string of the molecule is O=C(O)N1CCC[C@@H](n2ccc3c(Cl)nc(Cl)nc32)C1. The number of amides is 1. The van der Waals surface area contributed by atoms with E-state index in [0.29, 0.717) is 23.9 Å². The predicted octanol–water partition coefficient (Wildman–Crippen LogP) is 3.05. The maximum atomic E-state index is 11.1. The molecule has 0 radical (unpaired) electrons. The van der Waals surface area contributed by atoms with Crippen molar-refractivity contribution < 1.29 is 9.90 Å². The summed E-state index contributed by atoms with van der Waals surface area (Å²) in [6, 6.07) is 1.87. The van der Waals surface area contributed by atoms with Gasteiger partial charge in [-0.15, -0.1) is 0 Å². The first-order valence-corrected chi connectivity index (χ1v) is 6.99. The van der Waals surface area contributed by atoms with Crippen LogP contribution in [0.3, 0.4) is 0 Å². The zero-order valence-electron chi connectivity index (χ0n) is 10.5. The van der Waals surface area contributed by atoms with Gasteiger partial charge in [0.15, 0.2) is 0 Å². The van der Waals surface area contributed by atoms with Gasteiger partial charge in [-0.3, -0.25) is 0 Å². The molecule has 2 aromatic heterocycles. The standard InChI is InChI=1S/C12H12Cl2N4O2/c13-9-8-3-5-18(10(8)16-11(14)15-9)7-2-1-4-17(6-7)12(19)20/h3,5,7H,1-2,4,6H2,(H,19,20)/t7-/m1/s1. The highest BCUT2D eigenvalue weighted by molar-refractivity contribution is 6.35. The lowest BCUT2D eigenvalue weighted by atomic mass is 10.1. The Bertz CT molecular complexity index is 673. The summed E-state index contributed by atoms with van der Waals surface area (Å²) in [5, 5.41) is 10.2. The molecule has 1 fully saturated rings. The Balaban J connectivity index is 2.00. The van der Waals surface area contributed by atoms with Crippen LogP contribution < -0.4 is 0 Å². The predicted molar refractivity (Wildman–Crippen MR) is 75.4 cm³/mol. The number of carboxylic acid groups (broad SMARTS) is 1. The van der Waals surface area contributed by atoms with Gasteiger partial charge in [0.25, 0.3) is 0 Å². The third-order valence-electron chi connectivity index (χ3n) is 3.56. The van der Waals surface area contributed by atoms with Crippen molar-refractivity contribution in [2.24, 2.45) is 0 Å². The summed E-state index contributed by atoms with van der Waals surface area (Å²) in [5.41, 5.74) is 0.646. The van der Waals surface area contributed by atoms with Crippen molar-refractivity contribution >= 4 is 40.3 Å². The minimum absolute atomic E-state index is 0.0411. The van der Waals surface area contributed by atoms with E-state index in [1.165, 1.54) is 4.90 Å². The van der Waals surface area contributed by atoms with E-state index in [1.54, 1.807) is 0 Å². The Labute approximate surface area is 124 Å². The molecule has 0 aromatic carbocycles. The van der Waals surface area contributed by atoms with Gasteiger partial charge < -0.3 is 14.6 Å². The van der Waals surface area contributed by atoms with Gasteiger partial charge >= 0.3 is 6.09 Å². The third kappa shape index (κ3) is 2.29. The van der Waals surface area contributed by atoms with Gasteiger partial charge in [-0.2, -0.15) is 4.98 Å². The molecule has 0 bridgehead atoms. The summed E-state index contributed by atoms with van der Waals surface area (Å²) in [4.78, 5) is 20.6. The van der Waals surface area contributed by atoms with Crippen molar-refractivity contribution in [2.45, 2.75) is 18.9 Å². The van der Waals surface area contributed by atoms with Crippen LogP contribution in [-0.2, 0) is 0 Å². The van der Waals surface area contributed by atoms with Gasteiger partial charge in [-0.1, -0.05) is 11.6 Å². The molecule has 1 atom stereocenters. The number of aromatic nitrogens is 3. The van der Waals surface area contributed by atoms with Gasteiger partial charge in [0.2, 0.25) is 5.28 Å². The molecule has 2 aromatic rings. The Morgan fingerprint density at radius 3 is 2.95 bits per heavy atom. The van der Waals surface area contributed by atoms with Crippen molar-refractivity contribution in [1.29, 1.82) is 0 Å². The molecule has 6 nitrogen and oxygen atoms in total. The summed E-state index contributed by atoms with van der Waals surface area (Å²) in [7, 11) is 0. The highest BCUT2D eigenvalue weighted by atomic mass is 35.5. The highest BCUT2D eigenvalue weighted by Crippen LogP contribution is 2.29. The summed E-state index contributed by atoms with van der Waals surface area (Å²) in [5.74, 6) is 0. The summed E-state index contributed by atoms with van der Waals surface area (Å²) in [6.45, 7) is 1.01. The quantitative estimate of drug-likeness (QED) is 0.648. The van der Waals surface area contributed by atoms with Crippen LogP contribution in [0.1, 0.15) is 18.9 Å². The topological polar surface area (TPSA) is 71.2 Å². The van der Waals surface area contributed by atoms with Crippen LogP contribution in [0.4, 0.5) is 4.79 Å². The molecule has 1 N–H and O–H groups in total. The first kappa shape index (κ1) is 13.5. The molecule has 1 amide bonds. The van der Waals surface area contributed by atoms with E-state index >= 15 is 0 Å². The Morgan fingerprint density at radius 1 is 1.40 bits per heavy atom. The zero-order valence-corrected chi connectivity index (χ0v) is 12.0. The fourth-order valence-corrected chi connectivity index (χ4v) is 3.06. The smallest absolute Gasteiger partial charge is 0.407 e. The van der Waals surface area contributed by atoms with Gasteiger partial charge in [-0.25, -0.2) is 9.78 Å². The molecular formula is C12H12Cl2N4O2. The molecule has 0 unspecified atom stereocenters. The van der Waals surface area contributed by atoms with Crippen LogP contribution in [0.25, 0.3) is 11.0 Å². The van der Waals surface area contributed by atoms with Gasteiger partial charge in [0, 0.05) is 19.3 Å². The Kier molecular flexibility index (Phi) is 3.43. The molecule has 20 heavy (non-hydrogen) atoms. The van der Waals surface area contributed by atoms with Crippen LogP contribution in [0.2, 0.25) is 10.4 Å². The van der Waals surface area contributed by atoms with E-state index in [1.807, 2.05) is 16.8 Å². The summed E-state index contributed by atoms with van der Waals surface area (Å²) >= 11 is 11.9. The van der Waals surface area contributed by atoms with E-state index < -0.39 is 6.09 Å². The van der Waals surface area contributed by atoms with Crippen molar-refractivity contribution in [3.63, 3.8) is 0 Å². The first-order valence-electron chi connectivity index (χ1n) is 6.23. The zero-order chi connectivity index (χ0) is 14.3. The van der Waals surface area contributed by atoms with E-state index in [2.05, 4.69) is 9.97 Å². The fourth-order valence-electron chi connectivity index (χ4n) is 2.62. The second kappa shape index (κ2) is 5.10. The van der Waals surface area contributed by atoms with Crippen LogP contribution >= 0.6 is 23.2 Å². The lowest BCUT2D eigenvalue weighted by molar-refractivity contribution is 0.122. The van der Waals surface area contributed by atoms with Crippen molar-refractivity contribution in [3.8, 4) is 0 Å². The number of carbonyl (C=O) groups is 1. The lowest BCUT2D eigenvalue weighted by Crippen LogP contribution is -2.39. The van der Waals surface area contributed by atoms with Crippen LogP contribution in [0, 0.1) is 0 Å². The van der Waals surface area contributed by atoms with E-state index in [-0.39, 0.29) is 11.3 Å². The molecule has 1 saturated heterocycles. The fraction of sp³-hybridized carbons (Fsp3) is 0.417. The second-order valence-corrected chi connectivity index (χ2v) is 5.46. The minimum atomic E-state index is -0.892. The number of rotatable bonds is 1. The number of fused-ring (bicyclic) bond motifs is 1. The Hall–Kier alpha value is -1.53. The molecule has 8 heteroatoms. The number of hydrogen-bond acceptors (Lipinski definition) is 3. The minimum Gasteiger partial charge on any atom is -0.465 e. The molecule has 0 aliphatic carbocycles. The average Bonchev–Trinajstić information content (AvgIpc) is 2.82. The number of halogens is 2. The van der Waals surface area contributed by atoms with Crippen molar-refractivity contribution in [2.75, 3.05) is 13.1 Å². The maximum absolute atomic E-state index is 11.1. The maximum Gasteiger partial charge on any atom is 0.407 e. The average molecular weight is 315 g/mol. The molecule has 1 aliphatic heterocycles. The van der Waals surface area contributed by atoms with Crippen LogP contribution in [-0.4, -0.2) is 43.7 Å². The largest absolute Gasteiger partial charge is 0.465 e. The molecule has 3 heterocycles. The van der Waals surface area contributed by atoms with Crippen LogP contribution in [0.5, 0.6) is 0 Å². The van der Waals surface area contributed by atoms with E-state index in [0.717, 1.165) is 18.2 Å². The molecule has 106 valence electrons. The summed E-state index contributed by atoms with van der Waals surface area (Å²) in [6.07, 6.45) is 2.69. The second-order valence-electron chi connectivity index (χ2n) is 4.77. The number of likely N-dealkylation sites (tertiary alicyclic amines) is 1. The molecule has 0 spiro atoms. The first-order chi connectivity index (χ1) is 9.56. The van der Waals surface area contributed by atoms with Gasteiger partial charge in [-0.05, 0) is 30.5 Å². The van der Waals surface area contributed by atoms with Crippen molar-refractivity contribution in [1.82, 2.24) is 19.4 Å². The normalized spacial score (nSPS) is 19.5. The Morgan fingerprint density at radius 2 is 2.20 bits per heavy atom. The lowest BCUT2D eigenvalue weighted by Gasteiger charge is -2.31. The number of nitrogens with zero attached hydrogens (tertiary/aromatic N) is 4. The summed E-state index contributed by atoms with van der Waals surface area (Å²) < 4.78 is 1.93. The molecule has 3 rings (SSSR count). The molecule has 0 saturated carbocycles. The van der Waals surface area contributed by atoms with E-state index in [9.17, 15) is 4.79 Å². The van der Waals surface area contributed by atoms with Crippen molar-refractivity contribution in [3.05, 3.63) is 22.7 Å². The van der Waals surface area contributed by atoms with Gasteiger partial charge in [0.1, 0.15) is 10.8 Å². The van der Waals surface area contributed by atoms with Crippen LogP contribution in [0.15, 0.2) is 12.3 Å². The monoisotopic (exact) mass is 314 g/mol. The molecular weight excluding hydrogens is 303 g/mol. The number of hydrogen-bond donors (Lipinski definition) is 1.